The molecule has 0 heterocycles. The van der Waals surface area contributed by atoms with Crippen molar-refractivity contribution in [3.05, 3.63) is 59.2 Å². The molecule has 0 saturated heterocycles. The molecule has 0 bridgehead atoms. The number of nitrogens with one attached hydrogen (secondary N) is 1. The van der Waals surface area contributed by atoms with Crippen LogP contribution in [0.2, 0.25) is 0 Å². The van der Waals surface area contributed by atoms with E-state index < -0.39 is 12.0 Å². The highest BCUT2D eigenvalue weighted by Crippen LogP contribution is 2.26. The monoisotopic (exact) mass is 338 g/mol. The van der Waals surface area contributed by atoms with Gasteiger partial charge in [-0.15, -0.1) is 0 Å². The van der Waals surface area contributed by atoms with Gasteiger partial charge < -0.3 is 15.8 Å². The summed E-state index contributed by atoms with van der Waals surface area (Å²) in [6, 6.07) is 12.5. The highest BCUT2D eigenvalue weighted by molar-refractivity contribution is 5.96. The Morgan fingerprint density at radius 3 is 2.40 bits per heavy atom. The zero-order valence-electron chi connectivity index (χ0n) is 14.2. The predicted molar refractivity (Wildman–Crippen MR) is 96.8 cm³/mol. The van der Waals surface area contributed by atoms with Crippen LogP contribution >= 0.6 is 0 Å². The second-order valence-corrected chi connectivity index (χ2v) is 6.33. The summed E-state index contributed by atoms with van der Waals surface area (Å²) in [5.74, 6) is -0.0288. The zero-order chi connectivity index (χ0) is 17.8. The minimum Gasteiger partial charge on any atom is -0.481 e. The number of primary amides is 1. The Labute approximate surface area is 147 Å². The number of fused-ring (bicyclic) bond motifs is 1. The standard InChI is InChI=1S/C20H22N2O3/c1-13(20(24)22-17-9-6-15(7-10-17)19(21)23)25-18-11-8-14-4-2-3-5-16(14)12-18/h6-13H,2-5H2,1H3,(H2,21,23)(H,22,24)/t13-/m1/s1. The number of anilines is 1. The maximum Gasteiger partial charge on any atom is 0.265 e. The number of ether oxygens (including phenoxy) is 1. The van der Waals surface area contributed by atoms with Crippen LogP contribution in [0.15, 0.2) is 42.5 Å². The Morgan fingerprint density at radius 1 is 1.04 bits per heavy atom. The van der Waals surface area contributed by atoms with E-state index in [1.807, 2.05) is 12.1 Å². The molecule has 5 nitrogen and oxygen atoms in total. The summed E-state index contributed by atoms with van der Waals surface area (Å²) >= 11 is 0. The fraction of sp³-hybridized carbons (Fsp3) is 0.300. The summed E-state index contributed by atoms with van der Waals surface area (Å²) in [6.45, 7) is 1.71. The van der Waals surface area contributed by atoms with Gasteiger partial charge in [0.15, 0.2) is 6.10 Å². The lowest BCUT2D eigenvalue weighted by atomic mass is 9.92. The topological polar surface area (TPSA) is 81.4 Å². The van der Waals surface area contributed by atoms with Crippen molar-refractivity contribution in [2.24, 2.45) is 5.73 Å². The van der Waals surface area contributed by atoms with Crippen molar-refractivity contribution >= 4 is 17.5 Å². The van der Waals surface area contributed by atoms with Crippen LogP contribution in [-0.2, 0) is 17.6 Å². The summed E-state index contributed by atoms with van der Waals surface area (Å²) in [6.07, 6.45) is 4.00. The number of rotatable bonds is 5. The van der Waals surface area contributed by atoms with E-state index in [1.165, 1.54) is 24.0 Å². The first-order valence-corrected chi connectivity index (χ1v) is 8.52. The Balaban J connectivity index is 1.61. The number of benzene rings is 2. The highest BCUT2D eigenvalue weighted by Gasteiger charge is 2.16. The lowest BCUT2D eigenvalue weighted by Gasteiger charge is -2.19. The van der Waals surface area contributed by atoms with Crippen molar-refractivity contribution in [2.45, 2.75) is 38.7 Å². The molecule has 130 valence electrons. The average molecular weight is 338 g/mol. The normalized spacial score (nSPS) is 14.3. The van der Waals surface area contributed by atoms with Crippen LogP contribution in [0, 0.1) is 0 Å². The predicted octanol–water partition coefficient (Wildman–Crippen LogP) is 3.07. The van der Waals surface area contributed by atoms with Crippen LogP contribution < -0.4 is 15.8 Å². The van der Waals surface area contributed by atoms with Crippen molar-refractivity contribution in [1.29, 1.82) is 0 Å². The third-order valence-electron chi connectivity index (χ3n) is 4.44. The van der Waals surface area contributed by atoms with Crippen LogP contribution in [0.3, 0.4) is 0 Å². The van der Waals surface area contributed by atoms with Crippen molar-refractivity contribution in [3.63, 3.8) is 0 Å². The molecule has 1 aliphatic carbocycles. The summed E-state index contributed by atoms with van der Waals surface area (Å²) in [4.78, 5) is 23.4. The first kappa shape index (κ1) is 17.0. The van der Waals surface area contributed by atoms with Gasteiger partial charge in [-0.2, -0.15) is 0 Å². The molecule has 25 heavy (non-hydrogen) atoms. The molecule has 2 aromatic rings. The van der Waals surface area contributed by atoms with Crippen molar-refractivity contribution in [1.82, 2.24) is 0 Å². The molecule has 5 heteroatoms. The van der Waals surface area contributed by atoms with Gasteiger partial charge in [0.25, 0.3) is 5.91 Å². The van der Waals surface area contributed by atoms with Crippen molar-refractivity contribution in [2.75, 3.05) is 5.32 Å². The van der Waals surface area contributed by atoms with E-state index in [1.54, 1.807) is 31.2 Å². The van der Waals surface area contributed by atoms with Crippen molar-refractivity contribution < 1.29 is 14.3 Å². The molecule has 3 rings (SSSR count). The fourth-order valence-electron chi connectivity index (χ4n) is 3.00. The fourth-order valence-corrected chi connectivity index (χ4v) is 3.00. The van der Waals surface area contributed by atoms with Gasteiger partial charge in [-0.1, -0.05) is 6.07 Å². The second-order valence-electron chi connectivity index (χ2n) is 6.33. The molecule has 3 N–H and O–H groups in total. The Morgan fingerprint density at radius 2 is 1.72 bits per heavy atom. The minimum atomic E-state index is -0.627. The first-order chi connectivity index (χ1) is 12.0. The summed E-state index contributed by atoms with van der Waals surface area (Å²) in [5.41, 5.74) is 8.89. The molecular weight excluding hydrogens is 316 g/mol. The van der Waals surface area contributed by atoms with Crippen LogP contribution in [0.4, 0.5) is 5.69 Å². The van der Waals surface area contributed by atoms with E-state index in [9.17, 15) is 9.59 Å². The number of amides is 2. The lowest BCUT2D eigenvalue weighted by Crippen LogP contribution is -2.30. The van der Waals surface area contributed by atoms with Gasteiger partial charge >= 0.3 is 0 Å². The molecule has 2 aromatic carbocycles. The van der Waals surface area contributed by atoms with E-state index in [2.05, 4.69) is 11.4 Å². The SMILES string of the molecule is C[C@@H](Oc1ccc2c(c1)CCCC2)C(=O)Nc1ccc(C(N)=O)cc1. The van der Waals surface area contributed by atoms with E-state index in [0.717, 1.165) is 12.8 Å². The highest BCUT2D eigenvalue weighted by atomic mass is 16.5. The number of hydrogen-bond acceptors (Lipinski definition) is 3. The summed E-state index contributed by atoms with van der Waals surface area (Å²) < 4.78 is 5.79. The summed E-state index contributed by atoms with van der Waals surface area (Å²) in [7, 11) is 0. The Kier molecular flexibility index (Phi) is 5.03. The molecule has 0 unspecified atom stereocenters. The largest absolute Gasteiger partial charge is 0.481 e. The maximum atomic E-state index is 12.3. The Bertz CT molecular complexity index is 784. The van der Waals surface area contributed by atoms with E-state index >= 15 is 0 Å². The van der Waals surface area contributed by atoms with Gasteiger partial charge in [-0.25, -0.2) is 0 Å². The number of aryl methyl sites for hydroxylation is 2. The first-order valence-electron chi connectivity index (χ1n) is 8.52. The van der Waals surface area contributed by atoms with Crippen molar-refractivity contribution in [3.8, 4) is 5.75 Å². The van der Waals surface area contributed by atoms with Crippen LogP contribution in [-0.4, -0.2) is 17.9 Å². The molecule has 0 spiro atoms. The van der Waals surface area contributed by atoms with Crippen LogP contribution in [0.5, 0.6) is 5.75 Å². The van der Waals surface area contributed by atoms with Gasteiger partial charge in [0.05, 0.1) is 0 Å². The Hall–Kier alpha value is -2.82. The van der Waals surface area contributed by atoms with Gasteiger partial charge in [0, 0.05) is 11.3 Å². The van der Waals surface area contributed by atoms with Crippen LogP contribution in [0.25, 0.3) is 0 Å². The molecule has 0 aliphatic heterocycles. The lowest BCUT2D eigenvalue weighted by molar-refractivity contribution is -0.122. The van der Waals surface area contributed by atoms with Gasteiger partial charge in [-0.3, -0.25) is 9.59 Å². The number of carbonyl (C=O) groups excluding carboxylic acids is 2. The number of hydrogen-bond donors (Lipinski definition) is 2. The van der Waals surface area contributed by atoms with Gasteiger partial charge in [-0.05, 0) is 80.1 Å². The summed E-state index contributed by atoms with van der Waals surface area (Å²) in [5, 5.41) is 2.77. The van der Waals surface area contributed by atoms with E-state index in [4.69, 9.17) is 10.5 Å². The molecular formula is C20H22N2O3. The smallest absolute Gasteiger partial charge is 0.265 e. The average Bonchev–Trinajstić information content (AvgIpc) is 2.62. The van der Waals surface area contributed by atoms with Gasteiger partial charge in [0.1, 0.15) is 5.75 Å². The van der Waals surface area contributed by atoms with E-state index in [-0.39, 0.29) is 5.91 Å². The maximum absolute atomic E-state index is 12.3. The minimum absolute atomic E-state index is 0.246. The molecule has 0 radical (unpaired) electrons. The van der Waals surface area contributed by atoms with E-state index in [0.29, 0.717) is 17.0 Å². The van der Waals surface area contributed by atoms with Gasteiger partial charge in [0.2, 0.25) is 5.91 Å². The quantitative estimate of drug-likeness (QED) is 0.879. The number of carbonyl (C=O) groups is 2. The zero-order valence-corrected chi connectivity index (χ0v) is 14.2. The number of nitrogens with two attached hydrogens (primary N) is 1. The molecule has 0 fully saturated rings. The third kappa shape index (κ3) is 4.18. The molecule has 2 amide bonds. The molecule has 0 saturated carbocycles. The molecule has 1 aliphatic rings. The molecule has 1 atom stereocenters. The third-order valence-corrected chi connectivity index (χ3v) is 4.44. The molecule has 0 aromatic heterocycles. The second kappa shape index (κ2) is 7.38. The van der Waals surface area contributed by atoms with Crippen LogP contribution in [0.1, 0.15) is 41.3 Å².